The minimum absolute atomic E-state index is 0.0678. The zero-order valence-electron chi connectivity index (χ0n) is 16.2. The molecule has 0 N–H and O–H groups in total. The minimum atomic E-state index is -0.823. The first-order valence-electron chi connectivity index (χ1n) is 8.96. The minimum Gasteiger partial charge on any atom is -0.487 e. The maximum atomic E-state index is 13.7. The van der Waals surface area contributed by atoms with Crippen LogP contribution in [0.25, 0.3) is 5.69 Å². The molecule has 0 bridgehead atoms. The summed E-state index contributed by atoms with van der Waals surface area (Å²) in [5.41, 5.74) is 1.78. The molecule has 0 unspecified atom stereocenters. The van der Waals surface area contributed by atoms with Gasteiger partial charge in [-0.25, -0.2) is 8.78 Å². The molecule has 150 valence electrons. The van der Waals surface area contributed by atoms with Gasteiger partial charge in [0.2, 0.25) is 0 Å². The smallest absolute Gasteiger partial charge is 0.259 e. The van der Waals surface area contributed by atoms with Crippen LogP contribution in [-0.4, -0.2) is 20.3 Å². The summed E-state index contributed by atoms with van der Waals surface area (Å²) in [6.07, 6.45) is 3.11. The van der Waals surface area contributed by atoms with Crippen molar-refractivity contribution in [3.63, 3.8) is 0 Å². The van der Waals surface area contributed by atoms with Gasteiger partial charge in [-0.1, -0.05) is 6.92 Å². The summed E-state index contributed by atoms with van der Waals surface area (Å²) in [5, 5.41) is 0. The molecule has 0 amide bonds. The molecule has 0 fully saturated rings. The number of aromatic nitrogens is 3. The molecule has 3 aromatic rings. The van der Waals surface area contributed by atoms with Crippen LogP contribution in [0.2, 0.25) is 0 Å². The number of Topliss-reactive ketones (excluding diaryl/α,β-unsaturated/α-hetero) is 1. The van der Waals surface area contributed by atoms with Crippen LogP contribution in [0.15, 0.2) is 41.5 Å². The van der Waals surface area contributed by atoms with Crippen LogP contribution >= 0.6 is 0 Å². The standard InChI is InChI=1S/C21H19F2N3O3/c1-4-14-9-24-18(13(3)27)8-20(14)26-12(2)5-16(7-21(26)28)29-11-19-17(23)6-15(22)10-25-19/h5-10H,4,11H2,1-3H3. The van der Waals surface area contributed by atoms with Crippen molar-refractivity contribution < 1.29 is 18.3 Å². The fourth-order valence-electron chi connectivity index (χ4n) is 2.91. The summed E-state index contributed by atoms with van der Waals surface area (Å²) in [6, 6.07) is 5.20. The van der Waals surface area contributed by atoms with Gasteiger partial charge in [-0.05, 0) is 25.0 Å². The van der Waals surface area contributed by atoms with Gasteiger partial charge in [-0.3, -0.25) is 24.1 Å². The molecule has 0 radical (unpaired) electrons. The van der Waals surface area contributed by atoms with E-state index in [1.807, 2.05) is 6.92 Å². The van der Waals surface area contributed by atoms with Gasteiger partial charge in [0, 0.05) is 37.0 Å². The van der Waals surface area contributed by atoms with E-state index in [9.17, 15) is 18.4 Å². The Balaban J connectivity index is 1.95. The molecule has 29 heavy (non-hydrogen) atoms. The van der Waals surface area contributed by atoms with Crippen LogP contribution in [0.3, 0.4) is 0 Å². The molecule has 0 aliphatic rings. The Hall–Kier alpha value is -3.42. The third kappa shape index (κ3) is 4.37. The third-order valence-electron chi connectivity index (χ3n) is 4.39. The third-order valence-corrected chi connectivity index (χ3v) is 4.39. The van der Waals surface area contributed by atoms with E-state index in [0.29, 0.717) is 17.8 Å². The van der Waals surface area contributed by atoms with E-state index in [0.717, 1.165) is 17.8 Å². The maximum Gasteiger partial charge on any atom is 0.259 e. The molecule has 6 nitrogen and oxygen atoms in total. The highest BCUT2D eigenvalue weighted by atomic mass is 19.1. The summed E-state index contributed by atoms with van der Waals surface area (Å²) < 4.78 is 33.6. The van der Waals surface area contributed by atoms with Crippen molar-refractivity contribution in [3.8, 4) is 11.4 Å². The number of halogens is 2. The number of rotatable bonds is 6. The fraction of sp³-hybridized carbons (Fsp3) is 0.238. The summed E-state index contributed by atoms with van der Waals surface area (Å²) in [4.78, 5) is 32.2. The van der Waals surface area contributed by atoms with E-state index < -0.39 is 11.6 Å². The molecule has 0 atom stereocenters. The molecule has 0 aliphatic heterocycles. The van der Waals surface area contributed by atoms with E-state index in [1.54, 1.807) is 25.3 Å². The number of pyridine rings is 3. The Morgan fingerprint density at radius 2 is 1.90 bits per heavy atom. The highest BCUT2D eigenvalue weighted by Gasteiger charge is 2.14. The van der Waals surface area contributed by atoms with Gasteiger partial charge in [0.05, 0.1) is 11.9 Å². The van der Waals surface area contributed by atoms with Gasteiger partial charge in [0.25, 0.3) is 5.56 Å². The number of hydrogen-bond donors (Lipinski definition) is 0. The summed E-state index contributed by atoms with van der Waals surface area (Å²) in [5.74, 6) is -1.57. The van der Waals surface area contributed by atoms with E-state index >= 15 is 0 Å². The summed E-state index contributed by atoms with van der Waals surface area (Å²) in [6.45, 7) is 4.81. The molecule has 0 saturated heterocycles. The van der Waals surface area contributed by atoms with Gasteiger partial charge >= 0.3 is 0 Å². The number of ether oxygens (including phenoxy) is 1. The molecule has 3 heterocycles. The van der Waals surface area contributed by atoms with Crippen molar-refractivity contribution in [1.82, 2.24) is 14.5 Å². The van der Waals surface area contributed by atoms with Gasteiger partial charge in [0.1, 0.15) is 29.6 Å². The molecule has 0 saturated carbocycles. The number of carbonyl (C=O) groups is 1. The Morgan fingerprint density at radius 1 is 1.14 bits per heavy atom. The van der Waals surface area contributed by atoms with Crippen molar-refractivity contribution >= 4 is 5.78 Å². The molecule has 3 aromatic heterocycles. The van der Waals surface area contributed by atoms with E-state index in [4.69, 9.17) is 4.74 Å². The van der Waals surface area contributed by atoms with E-state index in [1.165, 1.54) is 17.6 Å². The maximum absolute atomic E-state index is 13.7. The van der Waals surface area contributed by atoms with Crippen LogP contribution in [0.1, 0.15) is 41.3 Å². The van der Waals surface area contributed by atoms with Crippen LogP contribution < -0.4 is 10.3 Å². The van der Waals surface area contributed by atoms with Crippen LogP contribution in [0.5, 0.6) is 5.75 Å². The lowest BCUT2D eigenvalue weighted by Crippen LogP contribution is -2.22. The lowest BCUT2D eigenvalue weighted by atomic mass is 10.1. The number of carbonyl (C=O) groups excluding carboxylic acids is 1. The highest BCUT2D eigenvalue weighted by molar-refractivity contribution is 5.92. The molecule has 0 aromatic carbocycles. The van der Waals surface area contributed by atoms with E-state index in [2.05, 4.69) is 9.97 Å². The average Bonchev–Trinajstić information content (AvgIpc) is 2.66. The van der Waals surface area contributed by atoms with Crippen LogP contribution in [0, 0.1) is 18.6 Å². The Bertz CT molecular complexity index is 1140. The van der Waals surface area contributed by atoms with Crippen molar-refractivity contribution in [2.75, 3.05) is 0 Å². The quantitative estimate of drug-likeness (QED) is 0.593. The molecule has 0 spiro atoms. The number of ketones is 1. The fourth-order valence-corrected chi connectivity index (χ4v) is 2.91. The molecule has 8 heteroatoms. The molecular weight excluding hydrogens is 380 g/mol. The predicted octanol–water partition coefficient (Wildman–Crippen LogP) is 3.56. The first-order valence-corrected chi connectivity index (χ1v) is 8.96. The average molecular weight is 399 g/mol. The second-order valence-electron chi connectivity index (χ2n) is 6.48. The molecule has 3 rings (SSSR count). The van der Waals surface area contributed by atoms with Gasteiger partial charge in [-0.15, -0.1) is 0 Å². The van der Waals surface area contributed by atoms with Gasteiger partial charge < -0.3 is 4.74 Å². The van der Waals surface area contributed by atoms with Crippen LogP contribution in [0.4, 0.5) is 8.78 Å². The molecular formula is C21H19F2N3O3. The first-order chi connectivity index (χ1) is 13.8. The lowest BCUT2D eigenvalue weighted by molar-refractivity contribution is 0.101. The molecule has 0 aliphatic carbocycles. The zero-order valence-corrected chi connectivity index (χ0v) is 16.2. The lowest BCUT2D eigenvalue weighted by Gasteiger charge is -2.16. The second kappa shape index (κ2) is 8.30. The van der Waals surface area contributed by atoms with Crippen LogP contribution in [-0.2, 0) is 13.0 Å². The van der Waals surface area contributed by atoms with E-state index in [-0.39, 0.29) is 35.1 Å². The first kappa shape index (κ1) is 20.3. The highest BCUT2D eigenvalue weighted by Crippen LogP contribution is 2.20. The summed E-state index contributed by atoms with van der Waals surface area (Å²) in [7, 11) is 0. The van der Waals surface area contributed by atoms with Gasteiger partial charge in [-0.2, -0.15) is 0 Å². The Labute approximate surface area is 165 Å². The predicted molar refractivity (Wildman–Crippen MR) is 102 cm³/mol. The Kier molecular flexibility index (Phi) is 5.81. The number of nitrogens with zero attached hydrogens (tertiary/aromatic N) is 3. The van der Waals surface area contributed by atoms with Crippen molar-refractivity contribution in [1.29, 1.82) is 0 Å². The van der Waals surface area contributed by atoms with Crippen molar-refractivity contribution in [3.05, 3.63) is 81.3 Å². The zero-order chi connectivity index (χ0) is 21.1. The normalized spacial score (nSPS) is 10.8. The topological polar surface area (TPSA) is 74.1 Å². The monoisotopic (exact) mass is 399 g/mol. The largest absolute Gasteiger partial charge is 0.487 e. The Morgan fingerprint density at radius 3 is 2.52 bits per heavy atom. The SMILES string of the molecule is CCc1cnc(C(C)=O)cc1-n1c(C)cc(OCc2ncc(F)cc2F)cc1=O. The van der Waals surface area contributed by atoms with Crippen molar-refractivity contribution in [2.24, 2.45) is 0 Å². The second-order valence-corrected chi connectivity index (χ2v) is 6.48. The number of hydrogen-bond acceptors (Lipinski definition) is 5. The summed E-state index contributed by atoms with van der Waals surface area (Å²) >= 11 is 0. The van der Waals surface area contributed by atoms with Gasteiger partial charge in [0.15, 0.2) is 11.6 Å². The number of aryl methyl sites for hydroxylation is 2. The van der Waals surface area contributed by atoms with Crippen molar-refractivity contribution in [2.45, 2.75) is 33.8 Å².